The van der Waals surface area contributed by atoms with Crippen molar-refractivity contribution in [3.05, 3.63) is 30.1 Å². The molecule has 0 saturated carbocycles. The molecule has 2 N–H and O–H groups in total. The van der Waals surface area contributed by atoms with Gasteiger partial charge in [0.2, 0.25) is 5.91 Å². The summed E-state index contributed by atoms with van der Waals surface area (Å²) in [5.74, 6) is -0.279. The number of primary amides is 1. The Kier molecular flexibility index (Phi) is 3.72. The number of aryl methyl sites for hydroxylation is 1. The maximum absolute atomic E-state index is 11.0. The predicted molar refractivity (Wildman–Crippen MR) is 68.2 cm³/mol. The average Bonchev–Trinajstić information content (AvgIpc) is 2.73. The lowest BCUT2D eigenvalue weighted by Crippen LogP contribution is -2.10. The molecule has 2 rings (SSSR count). The molecular weight excluding hydrogens is 230 g/mol. The van der Waals surface area contributed by atoms with Crippen LogP contribution in [0.3, 0.4) is 0 Å². The third-order valence-corrected chi connectivity index (χ3v) is 2.86. The number of aldehydes is 1. The summed E-state index contributed by atoms with van der Waals surface area (Å²) < 4.78 is 1.94. The van der Waals surface area contributed by atoms with E-state index in [1.54, 1.807) is 12.4 Å². The minimum absolute atomic E-state index is 0.279. The van der Waals surface area contributed by atoms with Gasteiger partial charge in [-0.15, -0.1) is 0 Å². The van der Waals surface area contributed by atoms with E-state index in [1.807, 2.05) is 16.7 Å². The van der Waals surface area contributed by atoms with E-state index in [9.17, 15) is 9.59 Å². The lowest BCUT2D eigenvalue weighted by Gasteiger charge is -2.03. The number of nitrogens with two attached hydrogens (primary N) is 1. The van der Waals surface area contributed by atoms with E-state index in [0.29, 0.717) is 12.0 Å². The first-order valence-corrected chi connectivity index (χ1v) is 5.89. The third kappa shape index (κ3) is 2.56. The molecule has 0 aliphatic rings. The second-order valence-corrected chi connectivity index (χ2v) is 4.19. The van der Waals surface area contributed by atoms with Crippen molar-refractivity contribution in [1.29, 1.82) is 0 Å². The number of nitrogens with zero attached hydrogens (tertiary/aromatic N) is 2. The Bertz CT molecular complexity index is 575. The molecule has 0 saturated heterocycles. The fraction of sp³-hybridized carbons (Fsp3) is 0.308. The molecule has 0 bridgehead atoms. The minimum atomic E-state index is -0.279. The summed E-state index contributed by atoms with van der Waals surface area (Å²) in [5.41, 5.74) is 6.53. The van der Waals surface area contributed by atoms with Gasteiger partial charge in [0.1, 0.15) is 5.65 Å². The molecule has 0 atom stereocenters. The number of pyridine rings is 1. The van der Waals surface area contributed by atoms with E-state index in [0.717, 1.165) is 36.7 Å². The summed E-state index contributed by atoms with van der Waals surface area (Å²) in [7, 11) is 0. The molecule has 0 unspecified atom stereocenters. The Balaban J connectivity index is 2.13. The predicted octanol–water partition coefficient (Wildman–Crippen LogP) is 1.50. The highest BCUT2D eigenvalue weighted by molar-refractivity contribution is 5.95. The van der Waals surface area contributed by atoms with Gasteiger partial charge in [0.25, 0.3) is 0 Å². The maximum Gasteiger partial charge on any atom is 0.217 e. The number of aromatic nitrogens is 2. The number of hydrogen-bond acceptors (Lipinski definition) is 3. The first-order valence-electron chi connectivity index (χ1n) is 5.89. The van der Waals surface area contributed by atoms with Crippen LogP contribution in [0.25, 0.3) is 11.0 Å². The topological polar surface area (TPSA) is 78.0 Å². The molecule has 18 heavy (non-hydrogen) atoms. The summed E-state index contributed by atoms with van der Waals surface area (Å²) in [6.07, 6.45) is 6.32. The Morgan fingerprint density at radius 1 is 1.44 bits per heavy atom. The smallest absolute Gasteiger partial charge is 0.217 e. The van der Waals surface area contributed by atoms with Gasteiger partial charge in [0.15, 0.2) is 6.29 Å². The lowest BCUT2D eigenvalue weighted by atomic mass is 10.2. The molecule has 1 amide bonds. The van der Waals surface area contributed by atoms with Crippen LogP contribution in [-0.4, -0.2) is 21.7 Å². The van der Waals surface area contributed by atoms with Crippen molar-refractivity contribution in [1.82, 2.24) is 9.55 Å². The molecule has 5 heteroatoms. The van der Waals surface area contributed by atoms with E-state index in [2.05, 4.69) is 4.98 Å². The molecule has 0 radical (unpaired) electrons. The van der Waals surface area contributed by atoms with Crippen LogP contribution in [0.1, 0.15) is 29.6 Å². The van der Waals surface area contributed by atoms with Gasteiger partial charge in [-0.3, -0.25) is 9.59 Å². The van der Waals surface area contributed by atoms with Gasteiger partial charge in [-0.05, 0) is 25.0 Å². The van der Waals surface area contributed by atoms with E-state index in [-0.39, 0.29) is 5.91 Å². The molecule has 2 aromatic rings. The third-order valence-electron chi connectivity index (χ3n) is 2.86. The Hall–Kier alpha value is -2.17. The van der Waals surface area contributed by atoms with Gasteiger partial charge in [-0.2, -0.15) is 0 Å². The van der Waals surface area contributed by atoms with Crippen LogP contribution < -0.4 is 5.73 Å². The first-order chi connectivity index (χ1) is 8.72. The van der Waals surface area contributed by atoms with Gasteiger partial charge in [-0.25, -0.2) is 4.98 Å². The number of carbonyl (C=O) groups excluding carboxylic acids is 2. The van der Waals surface area contributed by atoms with Crippen molar-refractivity contribution < 1.29 is 9.59 Å². The number of fused-ring (bicyclic) bond motifs is 1. The van der Waals surface area contributed by atoms with Crippen LogP contribution >= 0.6 is 0 Å². The summed E-state index contributed by atoms with van der Waals surface area (Å²) in [5, 5.41) is 0.863. The summed E-state index contributed by atoms with van der Waals surface area (Å²) in [4.78, 5) is 25.9. The number of amides is 1. The first kappa shape index (κ1) is 12.3. The molecule has 5 nitrogen and oxygen atoms in total. The van der Waals surface area contributed by atoms with Crippen molar-refractivity contribution in [2.24, 2.45) is 5.73 Å². The number of carbonyl (C=O) groups is 2. The van der Waals surface area contributed by atoms with Crippen molar-refractivity contribution >= 4 is 23.2 Å². The zero-order valence-corrected chi connectivity index (χ0v) is 10.0. The molecule has 0 spiro atoms. The largest absolute Gasteiger partial charge is 0.370 e. The lowest BCUT2D eigenvalue weighted by molar-refractivity contribution is -0.118. The van der Waals surface area contributed by atoms with E-state index < -0.39 is 0 Å². The van der Waals surface area contributed by atoms with Crippen LogP contribution in [0.2, 0.25) is 0 Å². The molecule has 2 heterocycles. The number of rotatable bonds is 6. The van der Waals surface area contributed by atoms with Crippen LogP contribution in [-0.2, 0) is 11.3 Å². The molecule has 0 fully saturated rings. The highest BCUT2D eigenvalue weighted by Gasteiger charge is 2.08. The van der Waals surface area contributed by atoms with Crippen molar-refractivity contribution in [3.63, 3.8) is 0 Å². The summed E-state index contributed by atoms with van der Waals surface area (Å²) in [6, 6.07) is 3.69. The SMILES string of the molecule is NC(=O)CCCCn1cc(C=O)c2cccnc21. The minimum Gasteiger partial charge on any atom is -0.370 e. The molecule has 0 aromatic carbocycles. The van der Waals surface area contributed by atoms with Gasteiger partial charge in [0, 0.05) is 36.3 Å². The van der Waals surface area contributed by atoms with Crippen LogP contribution in [0.5, 0.6) is 0 Å². The zero-order valence-electron chi connectivity index (χ0n) is 10.0. The van der Waals surface area contributed by atoms with Crippen LogP contribution in [0.15, 0.2) is 24.5 Å². The zero-order chi connectivity index (χ0) is 13.0. The molecular formula is C13H15N3O2. The molecule has 94 valence electrons. The number of unbranched alkanes of at least 4 members (excludes halogenated alkanes) is 1. The van der Waals surface area contributed by atoms with Gasteiger partial charge >= 0.3 is 0 Å². The number of hydrogen-bond donors (Lipinski definition) is 1. The molecule has 0 aliphatic carbocycles. The van der Waals surface area contributed by atoms with Crippen molar-refractivity contribution in [2.75, 3.05) is 0 Å². The highest BCUT2D eigenvalue weighted by atomic mass is 16.1. The monoisotopic (exact) mass is 245 g/mol. The molecule has 2 aromatic heterocycles. The fourth-order valence-corrected chi connectivity index (χ4v) is 2.00. The van der Waals surface area contributed by atoms with E-state index in [4.69, 9.17) is 5.73 Å². The maximum atomic E-state index is 11.0. The van der Waals surface area contributed by atoms with Crippen molar-refractivity contribution in [3.8, 4) is 0 Å². The standard InChI is InChI=1S/C13H15N3O2/c14-12(18)5-1-2-7-16-8-10(9-17)11-4-3-6-15-13(11)16/h3-4,6,8-9H,1-2,5,7H2,(H2,14,18). The van der Waals surface area contributed by atoms with Gasteiger partial charge in [0.05, 0.1) is 0 Å². The Labute approximate surface area is 105 Å². The van der Waals surface area contributed by atoms with Crippen molar-refractivity contribution in [2.45, 2.75) is 25.8 Å². The fourth-order valence-electron chi connectivity index (χ4n) is 2.00. The Morgan fingerprint density at radius 2 is 2.28 bits per heavy atom. The van der Waals surface area contributed by atoms with Gasteiger partial charge in [-0.1, -0.05) is 0 Å². The van der Waals surface area contributed by atoms with E-state index >= 15 is 0 Å². The van der Waals surface area contributed by atoms with Crippen LogP contribution in [0.4, 0.5) is 0 Å². The second kappa shape index (κ2) is 5.44. The van der Waals surface area contributed by atoms with Crippen LogP contribution in [0, 0.1) is 0 Å². The van der Waals surface area contributed by atoms with E-state index in [1.165, 1.54) is 0 Å². The Morgan fingerprint density at radius 3 is 3.00 bits per heavy atom. The summed E-state index contributed by atoms with van der Waals surface area (Å²) >= 11 is 0. The second-order valence-electron chi connectivity index (χ2n) is 4.19. The normalized spacial score (nSPS) is 10.7. The highest BCUT2D eigenvalue weighted by Crippen LogP contribution is 2.18. The average molecular weight is 245 g/mol. The summed E-state index contributed by atoms with van der Waals surface area (Å²) in [6.45, 7) is 0.731. The van der Waals surface area contributed by atoms with Gasteiger partial charge < -0.3 is 10.3 Å². The molecule has 0 aliphatic heterocycles. The quantitative estimate of drug-likeness (QED) is 0.618.